The van der Waals surface area contributed by atoms with Gasteiger partial charge in [0.1, 0.15) is 6.09 Å². The number of hydrogen-bond acceptors (Lipinski definition) is 2. The maximum absolute atomic E-state index is 12.5. The van der Waals surface area contributed by atoms with Gasteiger partial charge < -0.3 is 14.8 Å². The SMILES string of the molecule is O=C([O-])N1CCCC(F)(F)C1. The van der Waals surface area contributed by atoms with Crippen LogP contribution in [-0.2, 0) is 0 Å². The first-order chi connectivity index (χ1) is 5.01. The molecule has 5 heteroatoms. The Morgan fingerprint density at radius 1 is 1.55 bits per heavy atom. The van der Waals surface area contributed by atoms with Crippen LogP contribution in [0.25, 0.3) is 0 Å². The number of hydrogen-bond donors (Lipinski definition) is 0. The van der Waals surface area contributed by atoms with Gasteiger partial charge in [0, 0.05) is 13.0 Å². The Balaban J connectivity index is 2.53. The Morgan fingerprint density at radius 2 is 2.18 bits per heavy atom. The Labute approximate surface area is 62.6 Å². The van der Waals surface area contributed by atoms with E-state index in [1.165, 1.54) is 0 Å². The molecule has 0 radical (unpaired) electrons. The predicted molar refractivity (Wildman–Crippen MR) is 31.1 cm³/mol. The van der Waals surface area contributed by atoms with Crippen molar-refractivity contribution >= 4 is 6.09 Å². The van der Waals surface area contributed by atoms with Gasteiger partial charge in [-0.05, 0) is 6.42 Å². The number of halogens is 2. The standard InChI is InChI=1S/C6H9F2NO2/c7-6(8)2-1-3-9(4-6)5(10)11/h1-4H2,(H,10,11)/p-1. The van der Waals surface area contributed by atoms with Crippen molar-refractivity contribution in [2.75, 3.05) is 13.1 Å². The summed E-state index contributed by atoms with van der Waals surface area (Å²) in [6.07, 6.45) is -1.53. The van der Waals surface area contributed by atoms with Crippen molar-refractivity contribution in [2.45, 2.75) is 18.8 Å². The number of likely N-dealkylation sites (tertiary alicyclic amines) is 1. The zero-order valence-corrected chi connectivity index (χ0v) is 5.85. The summed E-state index contributed by atoms with van der Waals surface area (Å²) in [7, 11) is 0. The molecule has 0 bridgehead atoms. The fourth-order valence-corrected chi connectivity index (χ4v) is 1.12. The van der Waals surface area contributed by atoms with Gasteiger partial charge in [0.15, 0.2) is 0 Å². The second kappa shape index (κ2) is 2.64. The van der Waals surface area contributed by atoms with E-state index in [1.807, 2.05) is 0 Å². The Bertz CT molecular complexity index is 172. The minimum Gasteiger partial charge on any atom is -0.530 e. The highest BCUT2D eigenvalue weighted by Crippen LogP contribution is 2.25. The Hall–Kier alpha value is -0.870. The van der Waals surface area contributed by atoms with Crippen molar-refractivity contribution in [3.63, 3.8) is 0 Å². The zero-order valence-electron chi connectivity index (χ0n) is 5.85. The average molecular weight is 164 g/mol. The number of carbonyl (C=O) groups excluding carboxylic acids is 1. The van der Waals surface area contributed by atoms with Crippen molar-refractivity contribution in [3.05, 3.63) is 0 Å². The smallest absolute Gasteiger partial charge is 0.265 e. The van der Waals surface area contributed by atoms with Crippen LogP contribution in [0.5, 0.6) is 0 Å². The lowest BCUT2D eigenvalue weighted by Gasteiger charge is -2.33. The molecule has 11 heavy (non-hydrogen) atoms. The molecular weight excluding hydrogens is 156 g/mol. The molecule has 0 aromatic carbocycles. The van der Waals surface area contributed by atoms with E-state index in [4.69, 9.17) is 0 Å². The summed E-state index contributed by atoms with van der Waals surface area (Å²) in [5.41, 5.74) is 0. The van der Waals surface area contributed by atoms with Crippen molar-refractivity contribution in [1.29, 1.82) is 0 Å². The summed E-state index contributed by atoms with van der Waals surface area (Å²) in [5, 5.41) is 10.1. The Kier molecular flexibility index (Phi) is 1.97. The normalized spacial score (nSPS) is 23.3. The molecule has 0 N–H and O–H groups in total. The number of nitrogens with zero attached hydrogens (tertiary/aromatic N) is 1. The van der Waals surface area contributed by atoms with Crippen LogP contribution in [-0.4, -0.2) is 30.0 Å². The topological polar surface area (TPSA) is 43.4 Å². The quantitative estimate of drug-likeness (QED) is 0.508. The van der Waals surface area contributed by atoms with E-state index in [0.29, 0.717) is 4.90 Å². The van der Waals surface area contributed by atoms with Crippen LogP contribution >= 0.6 is 0 Å². The van der Waals surface area contributed by atoms with Crippen LogP contribution < -0.4 is 5.11 Å². The highest BCUT2D eigenvalue weighted by molar-refractivity contribution is 5.62. The molecule has 0 unspecified atom stereocenters. The molecule has 1 aliphatic rings. The summed E-state index contributed by atoms with van der Waals surface area (Å²) in [5.74, 6) is -2.86. The van der Waals surface area contributed by atoms with E-state index in [2.05, 4.69) is 0 Å². The molecule has 1 fully saturated rings. The third-order valence-electron chi connectivity index (χ3n) is 1.65. The summed E-state index contributed by atoms with van der Waals surface area (Å²) in [4.78, 5) is 10.8. The van der Waals surface area contributed by atoms with Crippen molar-refractivity contribution in [2.24, 2.45) is 0 Å². The highest BCUT2D eigenvalue weighted by Gasteiger charge is 2.34. The van der Waals surface area contributed by atoms with Crippen LogP contribution in [0.4, 0.5) is 13.6 Å². The first-order valence-corrected chi connectivity index (χ1v) is 3.35. The number of alkyl halides is 2. The van der Waals surface area contributed by atoms with Crippen LogP contribution in [0.3, 0.4) is 0 Å². The summed E-state index contributed by atoms with van der Waals surface area (Å²) < 4.78 is 25.0. The second-order valence-electron chi connectivity index (χ2n) is 2.65. The van der Waals surface area contributed by atoms with E-state index < -0.39 is 18.6 Å². The maximum atomic E-state index is 12.5. The molecule has 3 nitrogen and oxygen atoms in total. The van der Waals surface area contributed by atoms with Gasteiger partial charge in [0.25, 0.3) is 5.92 Å². The lowest BCUT2D eigenvalue weighted by Crippen LogP contribution is -2.50. The van der Waals surface area contributed by atoms with Crippen molar-refractivity contribution in [1.82, 2.24) is 4.90 Å². The number of carbonyl (C=O) groups is 1. The zero-order chi connectivity index (χ0) is 8.48. The van der Waals surface area contributed by atoms with E-state index in [1.54, 1.807) is 0 Å². The average Bonchev–Trinajstić information content (AvgIpc) is 1.85. The molecule has 0 aromatic heterocycles. The molecule has 64 valence electrons. The van der Waals surface area contributed by atoms with Crippen molar-refractivity contribution < 1.29 is 18.7 Å². The third-order valence-corrected chi connectivity index (χ3v) is 1.65. The molecule has 1 saturated heterocycles. The molecule has 0 saturated carbocycles. The van der Waals surface area contributed by atoms with Gasteiger partial charge in [0.05, 0.1) is 6.54 Å². The molecule has 0 aromatic rings. The van der Waals surface area contributed by atoms with Gasteiger partial charge in [-0.2, -0.15) is 0 Å². The highest BCUT2D eigenvalue weighted by atomic mass is 19.3. The van der Waals surface area contributed by atoms with Gasteiger partial charge in [0.2, 0.25) is 0 Å². The number of amides is 1. The summed E-state index contributed by atoms with van der Waals surface area (Å²) >= 11 is 0. The van der Waals surface area contributed by atoms with Gasteiger partial charge in [-0.15, -0.1) is 0 Å². The second-order valence-corrected chi connectivity index (χ2v) is 2.65. The lowest BCUT2D eigenvalue weighted by molar-refractivity contribution is -0.270. The summed E-state index contributed by atoms with van der Waals surface area (Å²) in [6, 6.07) is 0. The van der Waals surface area contributed by atoms with Crippen LogP contribution in [0.15, 0.2) is 0 Å². The van der Waals surface area contributed by atoms with Crippen molar-refractivity contribution in [3.8, 4) is 0 Å². The van der Waals surface area contributed by atoms with E-state index >= 15 is 0 Å². The number of piperidine rings is 1. The molecule has 0 aliphatic carbocycles. The fourth-order valence-electron chi connectivity index (χ4n) is 1.12. The number of rotatable bonds is 0. The molecule has 1 amide bonds. The lowest BCUT2D eigenvalue weighted by atomic mass is 10.1. The molecule has 1 aliphatic heterocycles. The number of carboxylic acid groups (broad SMARTS) is 1. The predicted octanol–water partition coefficient (Wildman–Crippen LogP) is 0.0608. The molecular formula is C6H8F2NO2-. The van der Waals surface area contributed by atoms with Gasteiger partial charge in [-0.25, -0.2) is 8.78 Å². The molecule has 1 rings (SSSR count). The summed E-state index contributed by atoms with van der Waals surface area (Å²) in [6.45, 7) is -0.548. The molecule has 0 spiro atoms. The van der Waals surface area contributed by atoms with E-state index in [-0.39, 0.29) is 19.4 Å². The van der Waals surface area contributed by atoms with E-state index in [9.17, 15) is 18.7 Å². The van der Waals surface area contributed by atoms with Crippen LogP contribution in [0, 0.1) is 0 Å². The first-order valence-electron chi connectivity index (χ1n) is 3.35. The third kappa shape index (κ3) is 2.03. The van der Waals surface area contributed by atoms with E-state index in [0.717, 1.165) is 0 Å². The largest absolute Gasteiger partial charge is 0.530 e. The minimum atomic E-state index is -2.86. The monoisotopic (exact) mass is 164 g/mol. The first kappa shape index (κ1) is 8.23. The van der Waals surface area contributed by atoms with Crippen LogP contribution in [0.1, 0.15) is 12.8 Å². The van der Waals surface area contributed by atoms with Gasteiger partial charge in [-0.1, -0.05) is 0 Å². The maximum Gasteiger partial charge on any atom is 0.265 e. The minimum absolute atomic E-state index is 0.165. The molecule has 1 heterocycles. The van der Waals surface area contributed by atoms with Gasteiger partial charge in [-0.3, -0.25) is 0 Å². The Morgan fingerprint density at radius 3 is 2.55 bits per heavy atom. The van der Waals surface area contributed by atoms with Crippen LogP contribution in [0.2, 0.25) is 0 Å². The fraction of sp³-hybridized carbons (Fsp3) is 0.833. The van der Waals surface area contributed by atoms with Gasteiger partial charge >= 0.3 is 0 Å². The molecule has 0 atom stereocenters.